The van der Waals surface area contributed by atoms with Crippen molar-refractivity contribution in [2.24, 2.45) is 0 Å². The molecular weight excluding hydrogens is 382 g/mol. The third-order valence-electron chi connectivity index (χ3n) is 4.55. The van der Waals surface area contributed by atoms with Gasteiger partial charge in [0.1, 0.15) is 11.2 Å². The highest BCUT2D eigenvalue weighted by Crippen LogP contribution is 2.30. The summed E-state index contributed by atoms with van der Waals surface area (Å²) >= 11 is 1.40. The molecule has 0 aliphatic carbocycles. The number of carbonyl (C=O) groups is 1. The summed E-state index contributed by atoms with van der Waals surface area (Å²) in [7, 11) is 0. The predicted molar refractivity (Wildman–Crippen MR) is 118 cm³/mol. The van der Waals surface area contributed by atoms with E-state index in [2.05, 4.69) is 11.6 Å². The fourth-order valence-electron chi connectivity index (χ4n) is 3.12. The molecule has 0 spiro atoms. The Morgan fingerprint density at radius 1 is 1.10 bits per heavy atom. The molecule has 0 saturated heterocycles. The van der Waals surface area contributed by atoms with Crippen LogP contribution in [0.3, 0.4) is 0 Å². The van der Waals surface area contributed by atoms with Crippen molar-refractivity contribution in [1.29, 1.82) is 0 Å². The molecule has 6 heteroatoms. The van der Waals surface area contributed by atoms with Crippen molar-refractivity contribution in [2.75, 3.05) is 11.4 Å². The lowest BCUT2D eigenvalue weighted by atomic mass is 10.2. The molecule has 0 aliphatic heterocycles. The first-order valence-corrected chi connectivity index (χ1v) is 10.00. The van der Waals surface area contributed by atoms with Crippen LogP contribution in [0, 0.1) is 0 Å². The van der Waals surface area contributed by atoms with E-state index in [1.165, 1.54) is 22.2 Å². The Morgan fingerprint density at radius 2 is 1.79 bits per heavy atom. The van der Waals surface area contributed by atoms with Crippen LogP contribution in [-0.4, -0.2) is 22.0 Å². The summed E-state index contributed by atoms with van der Waals surface area (Å²) < 4.78 is 1.92. The van der Waals surface area contributed by atoms with Gasteiger partial charge in [0.05, 0.1) is 11.8 Å². The summed E-state index contributed by atoms with van der Waals surface area (Å²) in [6.45, 7) is 4.02. The molecule has 0 fully saturated rings. The van der Waals surface area contributed by atoms with Crippen LogP contribution in [0.1, 0.15) is 0 Å². The highest BCUT2D eigenvalue weighted by Gasteiger charge is 2.17. The average molecular weight is 401 g/mol. The van der Waals surface area contributed by atoms with E-state index in [1.807, 2.05) is 66.7 Å². The van der Waals surface area contributed by atoms with E-state index >= 15 is 0 Å². The highest BCUT2D eigenvalue weighted by molar-refractivity contribution is 7.22. The molecule has 0 saturated carbocycles. The Morgan fingerprint density at radius 3 is 2.48 bits per heavy atom. The number of hydrogen-bond acceptors (Lipinski definition) is 4. The summed E-state index contributed by atoms with van der Waals surface area (Å²) in [5.41, 5.74) is 2.25. The molecule has 0 radical (unpaired) electrons. The predicted octanol–water partition coefficient (Wildman–Crippen LogP) is 4.34. The molecule has 0 bridgehead atoms. The number of fused-ring (bicyclic) bond motifs is 1. The van der Waals surface area contributed by atoms with Crippen LogP contribution in [0.2, 0.25) is 0 Å². The normalized spacial score (nSPS) is 10.8. The lowest BCUT2D eigenvalue weighted by molar-refractivity contribution is -0.119. The maximum Gasteiger partial charge on any atom is 0.271 e. The lowest BCUT2D eigenvalue weighted by Gasteiger charge is -2.21. The summed E-state index contributed by atoms with van der Waals surface area (Å²) in [5.74, 6) is -0.195. The zero-order chi connectivity index (χ0) is 20.2. The molecule has 4 rings (SSSR count). The number of benzene rings is 2. The van der Waals surface area contributed by atoms with Crippen molar-refractivity contribution in [1.82, 2.24) is 9.55 Å². The van der Waals surface area contributed by atoms with E-state index in [4.69, 9.17) is 0 Å². The van der Waals surface area contributed by atoms with Crippen molar-refractivity contribution < 1.29 is 4.79 Å². The summed E-state index contributed by atoms with van der Waals surface area (Å²) in [4.78, 5) is 32.9. The van der Waals surface area contributed by atoms with E-state index in [0.717, 1.165) is 16.1 Å². The maximum atomic E-state index is 13.0. The first-order chi connectivity index (χ1) is 14.2. The van der Waals surface area contributed by atoms with Gasteiger partial charge in [-0.2, -0.15) is 0 Å². The van der Waals surface area contributed by atoms with Gasteiger partial charge in [0.2, 0.25) is 5.91 Å². The Labute approximate surface area is 172 Å². The number of anilines is 1. The third kappa shape index (κ3) is 3.88. The largest absolute Gasteiger partial charge is 0.307 e. The van der Waals surface area contributed by atoms with Gasteiger partial charge in [-0.1, -0.05) is 54.6 Å². The molecule has 4 aromatic rings. The second-order valence-corrected chi connectivity index (χ2v) is 7.55. The average Bonchev–Trinajstić information content (AvgIpc) is 3.20. The first kappa shape index (κ1) is 18.8. The van der Waals surface area contributed by atoms with Crippen LogP contribution in [0.15, 0.2) is 90.5 Å². The molecule has 0 aliphatic rings. The number of para-hydroxylation sites is 1. The van der Waals surface area contributed by atoms with Crippen LogP contribution in [0.5, 0.6) is 0 Å². The number of rotatable bonds is 6. The SMILES string of the molecule is C=CCN(C(=O)Cn1cnc2cc(-c3ccccc3)sc2c1=O)c1ccccc1. The fraction of sp³-hybridized carbons (Fsp3) is 0.0870. The molecule has 1 amide bonds. The zero-order valence-electron chi connectivity index (χ0n) is 15.7. The molecule has 5 nitrogen and oxygen atoms in total. The minimum absolute atomic E-state index is 0.0803. The number of amides is 1. The Balaban J connectivity index is 1.65. The second-order valence-electron chi connectivity index (χ2n) is 6.50. The van der Waals surface area contributed by atoms with Gasteiger partial charge >= 0.3 is 0 Å². The first-order valence-electron chi connectivity index (χ1n) is 9.18. The number of hydrogen-bond donors (Lipinski definition) is 0. The van der Waals surface area contributed by atoms with Gasteiger partial charge in [0.25, 0.3) is 5.56 Å². The van der Waals surface area contributed by atoms with Crippen LogP contribution in [-0.2, 0) is 11.3 Å². The number of aromatic nitrogens is 2. The van der Waals surface area contributed by atoms with Gasteiger partial charge in [0, 0.05) is 17.1 Å². The van der Waals surface area contributed by atoms with E-state index < -0.39 is 0 Å². The van der Waals surface area contributed by atoms with Crippen molar-refractivity contribution in [3.63, 3.8) is 0 Å². The quantitative estimate of drug-likeness (QED) is 0.452. The smallest absolute Gasteiger partial charge is 0.271 e. The fourth-order valence-corrected chi connectivity index (χ4v) is 4.19. The molecule has 144 valence electrons. The van der Waals surface area contributed by atoms with Gasteiger partial charge in [0.15, 0.2) is 0 Å². The Bertz CT molecular complexity index is 1210. The van der Waals surface area contributed by atoms with Crippen molar-refractivity contribution in [3.8, 4) is 10.4 Å². The lowest BCUT2D eigenvalue weighted by Crippen LogP contribution is -2.36. The Kier molecular flexibility index (Phi) is 5.35. The topological polar surface area (TPSA) is 55.2 Å². The van der Waals surface area contributed by atoms with Crippen molar-refractivity contribution in [3.05, 3.63) is 96.1 Å². The standard InChI is InChI=1S/C23H19N3O2S/c1-2-13-26(18-11-7-4-8-12-18)21(27)15-25-16-24-19-14-20(29-22(19)23(25)28)17-9-5-3-6-10-17/h2-12,14,16H,1,13,15H2. The van der Waals surface area contributed by atoms with Crippen molar-refractivity contribution in [2.45, 2.75) is 6.54 Å². The molecule has 0 atom stereocenters. The van der Waals surface area contributed by atoms with Crippen LogP contribution < -0.4 is 10.5 Å². The minimum Gasteiger partial charge on any atom is -0.307 e. The zero-order valence-corrected chi connectivity index (χ0v) is 16.5. The van der Waals surface area contributed by atoms with Crippen LogP contribution in [0.4, 0.5) is 5.69 Å². The minimum atomic E-state index is -0.206. The maximum absolute atomic E-state index is 13.0. The van der Waals surface area contributed by atoms with E-state index in [9.17, 15) is 9.59 Å². The molecule has 0 unspecified atom stereocenters. The van der Waals surface area contributed by atoms with E-state index in [1.54, 1.807) is 11.0 Å². The number of carbonyl (C=O) groups excluding carboxylic acids is 1. The molecule has 2 aromatic heterocycles. The van der Waals surface area contributed by atoms with Crippen LogP contribution >= 0.6 is 11.3 Å². The molecular formula is C23H19N3O2S. The molecule has 0 N–H and O–H groups in total. The van der Waals surface area contributed by atoms with Gasteiger partial charge in [-0.05, 0) is 23.8 Å². The molecule has 2 aromatic carbocycles. The highest BCUT2D eigenvalue weighted by atomic mass is 32.1. The second kappa shape index (κ2) is 8.24. The van der Waals surface area contributed by atoms with Gasteiger partial charge in [-0.15, -0.1) is 17.9 Å². The Hall–Kier alpha value is -3.51. The molecule has 2 heterocycles. The van der Waals surface area contributed by atoms with E-state index in [-0.39, 0.29) is 18.0 Å². The van der Waals surface area contributed by atoms with Crippen molar-refractivity contribution >= 4 is 33.1 Å². The summed E-state index contributed by atoms with van der Waals surface area (Å²) in [6, 6.07) is 21.1. The van der Waals surface area contributed by atoms with Crippen LogP contribution in [0.25, 0.3) is 20.7 Å². The van der Waals surface area contributed by atoms with E-state index in [0.29, 0.717) is 16.8 Å². The van der Waals surface area contributed by atoms with Gasteiger partial charge in [-0.3, -0.25) is 14.2 Å². The summed E-state index contributed by atoms with van der Waals surface area (Å²) in [5, 5.41) is 0. The number of thiophene rings is 1. The third-order valence-corrected chi connectivity index (χ3v) is 5.71. The van der Waals surface area contributed by atoms with Gasteiger partial charge < -0.3 is 4.90 Å². The molecule has 29 heavy (non-hydrogen) atoms. The number of nitrogens with zero attached hydrogens (tertiary/aromatic N) is 3. The van der Waals surface area contributed by atoms with Gasteiger partial charge in [-0.25, -0.2) is 4.98 Å². The summed E-state index contributed by atoms with van der Waals surface area (Å²) in [6.07, 6.45) is 3.11. The monoisotopic (exact) mass is 401 g/mol.